The highest BCUT2D eigenvalue weighted by atomic mass is 16.5. The van der Waals surface area contributed by atoms with Crippen molar-refractivity contribution in [3.05, 3.63) is 66.3 Å². The van der Waals surface area contributed by atoms with E-state index in [1.807, 2.05) is 36.4 Å². The summed E-state index contributed by atoms with van der Waals surface area (Å²) in [6, 6.07) is 13.4. The van der Waals surface area contributed by atoms with Crippen LogP contribution in [0.2, 0.25) is 0 Å². The second kappa shape index (κ2) is 4.25. The molecule has 0 radical (unpaired) electrons. The van der Waals surface area contributed by atoms with Crippen LogP contribution in [0.1, 0.15) is 17.6 Å². The van der Waals surface area contributed by atoms with Crippen molar-refractivity contribution in [2.45, 2.75) is 6.23 Å². The molecule has 0 saturated carbocycles. The van der Waals surface area contributed by atoms with Crippen LogP contribution in [0.15, 0.2) is 69.6 Å². The Morgan fingerprint density at radius 1 is 1.00 bits per heavy atom. The highest BCUT2D eigenvalue weighted by molar-refractivity contribution is 5.58. The Bertz CT molecular complexity index is 544. The monoisotopic (exact) mass is 226 g/mol. The van der Waals surface area contributed by atoms with E-state index < -0.39 is 0 Å². The van der Waals surface area contributed by atoms with E-state index in [0.29, 0.717) is 11.5 Å². The first-order valence-electron chi connectivity index (χ1n) is 5.29. The van der Waals surface area contributed by atoms with E-state index in [2.05, 4.69) is 10.2 Å². The summed E-state index contributed by atoms with van der Waals surface area (Å²) in [4.78, 5) is 0. The van der Waals surface area contributed by atoms with Gasteiger partial charge < -0.3 is 9.15 Å². The summed E-state index contributed by atoms with van der Waals surface area (Å²) < 4.78 is 10.7. The van der Waals surface area contributed by atoms with E-state index >= 15 is 0 Å². The lowest BCUT2D eigenvalue weighted by molar-refractivity contribution is 0.141. The van der Waals surface area contributed by atoms with Crippen LogP contribution < -0.4 is 0 Å². The zero-order valence-corrected chi connectivity index (χ0v) is 8.98. The van der Waals surface area contributed by atoms with Crippen LogP contribution in [-0.2, 0) is 4.74 Å². The smallest absolute Gasteiger partial charge is 0.234 e. The van der Waals surface area contributed by atoms with E-state index in [-0.39, 0.29) is 6.23 Å². The average Bonchev–Trinajstić information content (AvgIpc) is 2.94. The van der Waals surface area contributed by atoms with Crippen LogP contribution in [0.25, 0.3) is 5.70 Å². The van der Waals surface area contributed by atoms with Gasteiger partial charge in [-0.2, -0.15) is 0 Å². The number of rotatable bonds is 2. The van der Waals surface area contributed by atoms with Crippen LogP contribution in [0.4, 0.5) is 0 Å². The van der Waals surface area contributed by atoms with E-state index in [1.165, 1.54) is 0 Å². The standard InChI is InChI=1S/C13H10N2O2/c1-2-5-10(6-3-1)13-15-14-11(9-17-13)12-7-4-8-16-12/h1-9,13H. The molecule has 3 rings (SSSR count). The first-order valence-corrected chi connectivity index (χ1v) is 5.29. The van der Waals surface area contributed by atoms with Gasteiger partial charge in [0, 0.05) is 5.56 Å². The molecule has 2 heterocycles. The molecule has 1 atom stereocenters. The molecule has 4 heteroatoms. The molecule has 4 nitrogen and oxygen atoms in total. The summed E-state index contributed by atoms with van der Waals surface area (Å²) in [6.45, 7) is 0. The SMILES string of the molecule is C1=C(c2ccco2)N=NC(c2ccccc2)O1. The zero-order valence-electron chi connectivity index (χ0n) is 8.98. The van der Waals surface area contributed by atoms with Crippen LogP contribution in [0, 0.1) is 0 Å². The van der Waals surface area contributed by atoms with Gasteiger partial charge in [0.25, 0.3) is 0 Å². The minimum Gasteiger partial charge on any atom is -0.468 e. The fourth-order valence-corrected chi connectivity index (χ4v) is 1.59. The number of furan rings is 1. The Labute approximate surface area is 98.2 Å². The maximum absolute atomic E-state index is 5.52. The summed E-state index contributed by atoms with van der Waals surface area (Å²) in [5, 5.41) is 8.21. The maximum atomic E-state index is 5.52. The normalized spacial score (nSPS) is 18.6. The van der Waals surface area contributed by atoms with E-state index in [0.717, 1.165) is 5.56 Å². The second-order valence-electron chi connectivity index (χ2n) is 3.59. The molecule has 17 heavy (non-hydrogen) atoms. The second-order valence-corrected chi connectivity index (χ2v) is 3.59. The Morgan fingerprint density at radius 3 is 2.53 bits per heavy atom. The molecule has 1 aromatic heterocycles. The Hall–Kier alpha value is -2.36. The summed E-state index contributed by atoms with van der Waals surface area (Å²) in [6.07, 6.45) is 2.80. The highest BCUT2D eigenvalue weighted by Crippen LogP contribution is 2.28. The van der Waals surface area contributed by atoms with Crippen molar-refractivity contribution in [2.24, 2.45) is 10.2 Å². The third-order valence-corrected chi connectivity index (χ3v) is 2.44. The number of ether oxygens (including phenoxy) is 1. The summed E-state index contributed by atoms with van der Waals surface area (Å²) >= 11 is 0. The van der Waals surface area contributed by atoms with Crippen LogP contribution >= 0.6 is 0 Å². The van der Waals surface area contributed by atoms with Gasteiger partial charge >= 0.3 is 0 Å². The molecule has 1 unspecified atom stereocenters. The predicted molar refractivity (Wildman–Crippen MR) is 61.8 cm³/mol. The molecule has 0 saturated heterocycles. The van der Waals surface area contributed by atoms with Gasteiger partial charge in [0.15, 0.2) is 11.5 Å². The Morgan fingerprint density at radius 2 is 1.88 bits per heavy atom. The van der Waals surface area contributed by atoms with Gasteiger partial charge in [-0.3, -0.25) is 0 Å². The Balaban J connectivity index is 1.79. The summed E-state index contributed by atoms with van der Waals surface area (Å²) in [5.74, 6) is 0.653. The van der Waals surface area contributed by atoms with Gasteiger partial charge in [0.2, 0.25) is 6.23 Å². The highest BCUT2D eigenvalue weighted by Gasteiger charge is 2.16. The quantitative estimate of drug-likeness (QED) is 0.782. The van der Waals surface area contributed by atoms with Crippen molar-refractivity contribution in [1.29, 1.82) is 0 Å². The molecule has 1 aromatic carbocycles. The summed E-state index contributed by atoms with van der Waals surface area (Å²) in [5.41, 5.74) is 1.58. The first-order chi connectivity index (χ1) is 8.43. The first kappa shape index (κ1) is 9.84. The van der Waals surface area contributed by atoms with Crippen LogP contribution in [0.3, 0.4) is 0 Å². The molecule has 0 aliphatic carbocycles. The maximum Gasteiger partial charge on any atom is 0.234 e. The third kappa shape index (κ3) is 1.97. The lowest BCUT2D eigenvalue weighted by atomic mass is 10.2. The molecule has 2 aromatic rings. The lowest BCUT2D eigenvalue weighted by Crippen LogP contribution is -2.00. The van der Waals surface area contributed by atoms with E-state index in [1.54, 1.807) is 18.6 Å². The number of azo groups is 1. The van der Waals surface area contributed by atoms with Gasteiger partial charge in [0.05, 0.1) is 6.26 Å². The lowest BCUT2D eigenvalue weighted by Gasteiger charge is -2.15. The molecule has 1 aliphatic rings. The fraction of sp³-hybridized carbons (Fsp3) is 0.0769. The molecule has 1 aliphatic heterocycles. The third-order valence-electron chi connectivity index (χ3n) is 2.44. The molecule has 0 bridgehead atoms. The molecule has 0 fully saturated rings. The molecule has 0 N–H and O–H groups in total. The van der Waals surface area contributed by atoms with Gasteiger partial charge in [-0.1, -0.05) is 30.3 Å². The van der Waals surface area contributed by atoms with E-state index in [4.69, 9.17) is 9.15 Å². The van der Waals surface area contributed by atoms with E-state index in [9.17, 15) is 0 Å². The predicted octanol–water partition coefficient (Wildman–Crippen LogP) is 3.76. The van der Waals surface area contributed by atoms with Gasteiger partial charge in [-0.25, -0.2) is 0 Å². The average molecular weight is 226 g/mol. The van der Waals surface area contributed by atoms with Crippen LogP contribution in [-0.4, -0.2) is 0 Å². The number of benzene rings is 1. The van der Waals surface area contributed by atoms with Crippen molar-refractivity contribution < 1.29 is 9.15 Å². The summed E-state index contributed by atoms with van der Waals surface area (Å²) in [7, 11) is 0. The van der Waals surface area contributed by atoms with Crippen molar-refractivity contribution >= 4 is 5.70 Å². The zero-order chi connectivity index (χ0) is 11.5. The number of hydrogen-bond donors (Lipinski definition) is 0. The largest absolute Gasteiger partial charge is 0.468 e. The number of hydrogen-bond acceptors (Lipinski definition) is 4. The van der Waals surface area contributed by atoms with Crippen molar-refractivity contribution in [3.8, 4) is 0 Å². The molecular formula is C13H10N2O2. The number of nitrogens with zero attached hydrogens (tertiary/aromatic N) is 2. The topological polar surface area (TPSA) is 47.1 Å². The Kier molecular flexibility index (Phi) is 2.46. The molecule has 84 valence electrons. The van der Waals surface area contributed by atoms with Gasteiger partial charge in [-0.15, -0.1) is 10.2 Å². The van der Waals surface area contributed by atoms with Gasteiger partial charge in [0.1, 0.15) is 6.26 Å². The van der Waals surface area contributed by atoms with Gasteiger partial charge in [-0.05, 0) is 12.1 Å². The fourth-order valence-electron chi connectivity index (χ4n) is 1.59. The molecule has 0 amide bonds. The van der Waals surface area contributed by atoms with Crippen molar-refractivity contribution in [3.63, 3.8) is 0 Å². The molecule has 0 spiro atoms. The van der Waals surface area contributed by atoms with Crippen LogP contribution in [0.5, 0.6) is 0 Å². The minimum absolute atomic E-state index is 0.366. The molecular weight excluding hydrogens is 216 g/mol. The minimum atomic E-state index is -0.366. The van der Waals surface area contributed by atoms with Crippen molar-refractivity contribution in [1.82, 2.24) is 0 Å². The van der Waals surface area contributed by atoms with Crippen molar-refractivity contribution in [2.75, 3.05) is 0 Å².